The van der Waals surface area contributed by atoms with Gasteiger partial charge < -0.3 is 10.4 Å². The maximum atomic E-state index is 13.3. The molecule has 174 valence electrons. The zero-order valence-electron chi connectivity index (χ0n) is 16.2. The maximum absolute atomic E-state index is 13.3. The number of hydrogen-bond donors (Lipinski definition) is 3. The highest BCUT2D eigenvalue weighted by Gasteiger charge is 2.37. The summed E-state index contributed by atoms with van der Waals surface area (Å²) in [5.74, 6) is 0. The monoisotopic (exact) mass is 599 g/mol. The van der Waals surface area contributed by atoms with Crippen LogP contribution in [0.3, 0.4) is 0 Å². The molecule has 0 radical (unpaired) electrons. The summed E-state index contributed by atoms with van der Waals surface area (Å²) in [5.41, 5.74) is -1.53. The van der Waals surface area contributed by atoms with E-state index in [1.54, 1.807) is 12.1 Å². The number of amides is 1. The summed E-state index contributed by atoms with van der Waals surface area (Å²) in [6, 6.07) is 8.01. The number of hydrogen-bond acceptors (Lipinski definition) is 4. The molecule has 13 heteroatoms. The van der Waals surface area contributed by atoms with Gasteiger partial charge in [-0.05, 0) is 52.7 Å². The summed E-state index contributed by atoms with van der Waals surface area (Å²) < 4.78 is 69.0. The lowest BCUT2D eigenvalue weighted by Crippen LogP contribution is -2.41. The minimum Gasteiger partial charge on any atom is -0.465 e. The second kappa shape index (κ2) is 9.67. The molecule has 1 fully saturated rings. The van der Waals surface area contributed by atoms with Crippen molar-refractivity contribution in [2.75, 3.05) is 18.0 Å². The molecule has 2 atom stereocenters. The first-order valence-electron chi connectivity index (χ1n) is 9.26. The van der Waals surface area contributed by atoms with Crippen molar-refractivity contribution >= 4 is 53.7 Å². The molecular formula is C19H18Br2F3N3O4S. The summed E-state index contributed by atoms with van der Waals surface area (Å²) in [5, 5.41) is 12.5. The van der Waals surface area contributed by atoms with Crippen LogP contribution in [0.1, 0.15) is 12.0 Å². The Kier molecular flexibility index (Phi) is 7.55. The Balaban J connectivity index is 1.74. The number of alkyl halides is 3. The van der Waals surface area contributed by atoms with Crippen LogP contribution in [-0.2, 0) is 16.2 Å². The Hall–Kier alpha value is -1.67. The SMILES string of the molecule is O=C(O)N(C[C@H]1C[C@@H](NS(=O)(=O)c2cc(Br)ccc2Br)CN1)c1ccccc1C(F)(F)F. The minimum atomic E-state index is -4.72. The molecule has 0 aromatic heterocycles. The molecule has 0 unspecified atom stereocenters. The summed E-state index contributed by atoms with van der Waals surface area (Å²) >= 11 is 6.43. The molecule has 0 aliphatic carbocycles. The third-order valence-corrected chi connectivity index (χ3v) is 7.87. The minimum absolute atomic E-state index is 0.0293. The molecular weight excluding hydrogens is 583 g/mol. The molecule has 0 saturated carbocycles. The van der Waals surface area contributed by atoms with Gasteiger partial charge >= 0.3 is 12.3 Å². The number of halogens is 5. The van der Waals surface area contributed by atoms with E-state index in [2.05, 4.69) is 41.9 Å². The molecule has 2 aromatic rings. The van der Waals surface area contributed by atoms with Crippen molar-refractivity contribution in [2.24, 2.45) is 0 Å². The van der Waals surface area contributed by atoms with Crippen LogP contribution < -0.4 is 14.9 Å². The molecule has 2 aromatic carbocycles. The number of benzene rings is 2. The fourth-order valence-electron chi connectivity index (χ4n) is 3.46. The van der Waals surface area contributed by atoms with Gasteiger partial charge in [0.1, 0.15) is 0 Å². The molecule has 3 rings (SSSR count). The molecule has 32 heavy (non-hydrogen) atoms. The molecule has 0 bridgehead atoms. The normalized spacial score (nSPS) is 19.2. The third kappa shape index (κ3) is 5.81. The van der Waals surface area contributed by atoms with Gasteiger partial charge in [0.2, 0.25) is 10.0 Å². The van der Waals surface area contributed by atoms with Crippen LogP contribution in [0, 0.1) is 0 Å². The summed E-state index contributed by atoms with van der Waals surface area (Å²) in [7, 11) is -3.89. The van der Waals surface area contributed by atoms with E-state index in [1.165, 1.54) is 18.2 Å². The smallest absolute Gasteiger partial charge is 0.418 e. The largest absolute Gasteiger partial charge is 0.465 e. The zero-order valence-corrected chi connectivity index (χ0v) is 20.2. The lowest BCUT2D eigenvalue weighted by atomic mass is 10.1. The van der Waals surface area contributed by atoms with Crippen molar-refractivity contribution in [1.29, 1.82) is 0 Å². The summed E-state index contributed by atoms with van der Waals surface area (Å²) in [4.78, 5) is 12.4. The molecule has 1 aliphatic rings. The van der Waals surface area contributed by atoms with Crippen molar-refractivity contribution in [3.8, 4) is 0 Å². The van der Waals surface area contributed by atoms with Crippen molar-refractivity contribution in [3.63, 3.8) is 0 Å². The van der Waals surface area contributed by atoms with Crippen LogP contribution in [0.4, 0.5) is 23.7 Å². The van der Waals surface area contributed by atoms with E-state index in [0.717, 1.165) is 12.1 Å². The lowest BCUT2D eigenvalue weighted by Gasteiger charge is -2.26. The summed E-state index contributed by atoms with van der Waals surface area (Å²) in [6.45, 7) is -0.0782. The third-order valence-electron chi connectivity index (χ3n) is 4.86. The van der Waals surface area contributed by atoms with E-state index >= 15 is 0 Å². The first-order valence-corrected chi connectivity index (χ1v) is 12.3. The lowest BCUT2D eigenvalue weighted by molar-refractivity contribution is -0.137. The maximum Gasteiger partial charge on any atom is 0.418 e. The number of nitrogens with zero attached hydrogens (tertiary/aromatic N) is 1. The predicted molar refractivity (Wildman–Crippen MR) is 119 cm³/mol. The van der Waals surface area contributed by atoms with Gasteiger partial charge in [-0.25, -0.2) is 17.9 Å². The van der Waals surface area contributed by atoms with Gasteiger partial charge in [-0.3, -0.25) is 4.90 Å². The topological polar surface area (TPSA) is 98.7 Å². The molecule has 1 amide bonds. The molecule has 1 aliphatic heterocycles. The number of para-hydroxylation sites is 1. The van der Waals surface area contributed by atoms with Gasteiger partial charge in [0.15, 0.2) is 0 Å². The van der Waals surface area contributed by atoms with Crippen LogP contribution >= 0.6 is 31.9 Å². The number of sulfonamides is 1. The zero-order chi connectivity index (χ0) is 23.7. The standard InChI is InChI=1S/C19H18Br2F3N3O4S/c20-11-5-6-15(21)17(7-11)32(30,31)26-12-8-13(25-9-12)10-27(18(28)29)16-4-2-1-3-14(16)19(22,23)24/h1-7,12-13,25-26H,8-10H2,(H,28,29)/t12-,13-/m1/s1. The number of nitrogens with one attached hydrogen (secondary N) is 2. The fourth-order valence-corrected chi connectivity index (χ4v) is 6.21. The van der Waals surface area contributed by atoms with E-state index in [1.807, 2.05) is 0 Å². The average molecular weight is 601 g/mol. The molecule has 0 spiro atoms. The van der Waals surface area contributed by atoms with E-state index in [0.29, 0.717) is 13.8 Å². The van der Waals surface area contributed by atoms with Crippen molar-refractivity contribution in [3.05, 3.63) is 57.0 Å². The fraction of sp³-hybridized carbons (Fsp3) is 0.316. The summed E-state index contributed by atoms with van der Waals surface area (Å²) in [6.07, 6.45) is -6.06. The van der Waals surface area contributed by atoms with Gasteiger partial charge in [0, 0.05) is 34.1 Å². The van der Waals surface area contributed by atoms with E-state index in [9.17, 15) is 31.5 Å². The van der Waals surface area contributed by atoms with Gasteiger partial charge in [-0.2, -0.15) is 13.2 Å². The Morgan fingerprint density at radius 1 is 1.22 bits per heavy atom. The number of carboxylic acid groups (broad SMARTS) is 1. The van der Waals surface area contributed by atoms with Crippen molar-refractivity contribution in [1.82, 2.24) is 10.0 Å². The first kappa shape index (κ1) is 25.0. The molecule has 3 N–H and O–H groups in total. The van der Waals surface area contributed by atoms with Gasteiger partial charge in [0.05, 0.1) is 16.1 Å². The van der Waals surface area contributed by atoms with Gasteiger partial charge in [-0.1, -0.05) is 28.1 Å². The highest BCUT2D eigenvalue weighted by atomic mass is 79.9. The van der Waals surface area contributed by atoms with E-state index in [4.69, 9.17) is 0 Å². The highest BCUT2D eigenvalue weighted by molar-refractivity contribution is 9.11. The van der Waals surface area contributed by atoms with Crippen LogP contribution in [-0.4, -0.2) is 44.8 Å². The van der Waals surface area contributed by atoms with Crippen molar-refractivity contribution in [2.45, 2.75) is 29.6 Å². The van der Waals surface area contributed by atoms with Crippen molar-refractivity contribution < 1.29 is 31.5 Å². The number of carbonyl (C=O) groups is 1. The highest BCUT2D eigenvalue weighted by Crippen LogP contribution is 2.36. The predicted octanol–water partition coefficient (Wildman–Crippen LogP) is 4.42. The molecule has 1 heterocycles. The van der Waals surface area contributed by atoms with Gasteiger partial charge in [0.25, 0.3) is 0 Å². The Labute approximate surface area is 199 Å². The van der Waals surface area contributed by atoms with Crippen LogP contribution in [0.15, 0.2) is 56.3 Å². The average Bonchev–Trinajstić information content (AvgIpc) is 3.13. The second-order valence-corrected chi connectivity index (χ2v) is 10.6. The Bertz CT molecular complexity index is 1120. The van der Waals surface area contributed by atoms with Crippen LogP contribution in [0.2, 0.25) is 0 Å². The molecule has 1 saturated heterocycles. The number of rotatable bonds is 6. The number of anilines is 1. The first-order chi connectivity index (χ1) is 14.9. The van der Waals surface area contributed by atoms with Gasteiger partial charge in [-0.15, -0.1) is 0 Å². The van der Waals surface area contributed by atoms with Crippen LogP contribution in [0.25, 0.3) is 0 Å². The van der Waals surface area contributed by atoms with Crippen LogP contribution in [0.5, 0.6) is 0 Å². The van der Waals surface area contributed by atoms with E-state index < -0.39 is 45.6 Å². The quantitative estimate of drug-likeness (QED) is 0.456. The van der Waals surface area contributed by atoms with E-state index in [-0.39, 0.29) is 24.4 Å². The second-order valence-electron chi connectivity index (χ2n) is 7.14. The Morgan fingerprint density at radius 2 is 1.91 bits per heavy atom. The Morgan fingerprint density at radius 3 is 2.56 bits per heavy atom. The molecule has 7 nitrogen and oxygen atoms in total.